The molecular formula is C12H16O2. The van der Waals surface area contributed by atoms with Crippen LogP contribution in [0.15, 0.2) is 24.3 Å². The zero-order valence-electron chi connectivity index (χ0n) is 8.44. The van der Waals surface area contributed by atoms with Crippen molar-refractivity contribution in [3.8, 4) is 0 Å². The van der Waals surface area contributed by atoms with Crippen molar-refractivity contribution in [1.82, 2.24) is 0 Å². The Morgan fingerprint density at radius 1 is 1.36 bits per heavy atom. The van der Waals surface area contributed by atoms with Gasteiger partial charge >= 0.3 is 0 Å². The predicted octanol–water partition coefficient (Wildman–Crippen LogP) is 1.41. The van der Waals surface area contributed by atoms with Crippen LogP contribution in [0.2, 0.25) is 0 Å². The van der Waals surface area contributed by atoms with Gasteiger partial charge in [0.25, 0.3) is 0 Å². The van der Waals surface area contributed by atoms with Crippen LogP contribution in [0, 0.1) is 5.92 Å². The molecule has 14 heavy (non-hydrogen) atoms. The molecule has 76 valence electrons. The minimum Gasteiger partial charge on any atom is -0.390 e. The van der Waals surface area contributed by atoms with Crippen molar-refractivity contribution in [2.75, 3.05) is 13.7 Å². The second-order valence-corrected chi connectivity index (χ2v) is 3.96. The van der Waals surface area contributed by atoms with Gasteiger partial charge in [0.05, 0.1) is 12.7 Å². The third kappa shape index (κ3) is 1.81. The number of hydrogen-bond donors (Lipinski definition) is 1. The van der Waals surface area contributed by atoms with Gasteiger partial charge in [0, 0.05) is 7.11 Å². The first-order valence-corrected chi connectivity index (χ1v) is 5.05. The Morgan fingerprint density at radius 3 is 2.43 bits per heavy atom. The summed E-state index contributed by atoms with van der Waals surface area (Å²) in [5.74, 6) is 0.340. The van der Waals surface area contributed by atoms with E-state index in [9.17, 15) is 5.11 Å². The molecule has 0 heterocycles. The van der Waals surface area contributed by atoms with Gasteiger partial charge in [0.2, 0.25) is 0 Å². The molecule has 1 aromatic rings. The van der Waals surface area contributed by atoms with E-state index in [-0.39, 0.29) is 6.10 Å². The van der Waals surface area contributed by atoms with E-state index < -0.39 is 0 Å². The first kappa shape index (κ1) is 9.69. The van der Waals surface area contributed by atoms with E-state index >= 15 is 0 Å². The monoisotopic (exact) mass is 192 g/mol. The first-order valence-electron chi connectivity index (χ1n) is 5.05. The van der Waals surface area contributed by atoms with Gasteiger partial charge in [-0.25, -0.2) is 0 Å². The van der Waals surface area contributed by atoms with E-state index in [1.807, 2.05) is 0 Å². The Bertz CT molecular complexity index is 284. The van der Waals surface area contributed by atoms with Crippen molar-refractivity contribution in [2.45, 2.75) is 18.9 Å². The highest BCUT2D eigenvalue weighted by atomic mass is 16.5. The number of ether oxygens (including phenoxy) is 1. The summed E-state index contributed by atoms with van der Waals surface area (Å²) in [4.78, 5) is 0. The standard InChI is InChI=1S/C12H16O2/c1-14-8-12(13)11-6-9-4-2-3-5-10(9)7-11/h2-5,11-13H,6-8H2,1H3. The molecule has 1 unspecified atom stereocenters. The highest BCUT2D eigenvalue weighted by Gasteiger charge is 2.26. The highest BCUT2D eigenvalue weighted by molar-refractivity contribution is 5.32. The lowest BCUT2D eigenvalue weighted by molar-refractivity contribution is 0.0282. The van der Waals surface area contributed by atoms with Crippen LogP contribution in [0.4, 0.5) is 0 Å². The van der Waals surface area contributed by atoms with Crippen LogP contribution >= 0.6 is 0 Å². The van der Waals surface area contributed by atoms with Crippen LogP contribution in [-0.4, -0.2) is 24.9 Å². The van der Waals surface area contributed by atoms with Gasteiger partial charge in [0.15, 0.2) is 0 Å². The van der Waals surface area contributed by atoms with Crippen molar-refractivity contribution in [3.63, 3.8) is 0 Å². The molecule has 2 nitrogen and oxygen atoms in total. The van der Waals surface area contributed by atoms with Crippen LogP contribution in [0.5, 0.6) is 0 Å². The van der Waals surface area contributed by atoms with Gasteiger partial charge in [0.1, 0.15) is 0 Å². The highest BCUT2D eigenvalue weighted by Crippen LogP contribution is 2.28. The first-order chi connectivity index (χ1) is 6.81. The molecule has 1 aliphatic carbocycles. The van der Waals surface area contributed by atoms with Gasteiger partial charge in [-0.3, -0.25) is 0 Å². The van der Waals surface area contributed by atoms with Crippen molar-refractivity contribution in [3.05, 3.63) is 35.4 Å². The third-order valence-corrected chi connectivity index (χ3v) is 2.96. The summed E-state index contributed by atoms with van der Waals surface area (Å²) in [5, 5.41) is 9.80. The van der Waals surface area contributed by atoms with Crippen molar-refractivity contribution < 1.29 is 9.84 Å². The number of hydrogen-bond acceptors (Lipinski definition) is 2. The summed E-state index contributed by atoms with van der Waals surface area (Å²) in [7, 11) is 1.63. The zero-order valence-corrected chi connectivity index (χ0v) is 8.44. The molecule has 1 aromatic carbocycles. The summed E-state index contributed by atoms with van der Waals surface area (Å²) in [6.07, 6.45) is 1.65. The van der Waals surface area contributed by atoms with E-state index in [0.717, 1.165) is 12.8 Å². The fourth-order valence-corrected chi connectivity index (χ4v) is 2.17. The summed E-state index contributed by atoms with van der Waals surface area (Å²) < 4.78 is 4.96. The van der Waals surface area contributed by atoms with Crippen molar-refractivity contribution in [2.24, 2.45) is 5.92 Å². The largest absolute Gasteiger partial charge is 0.390 e. The van der Waals surface area contributed by atoms with E-state index in [1.54, 1.807) is 7.11 Å². The lowest BCUT2D eigenvalue weighted by Gasteiger charge is -2.16. The lowest BCUT2D eigenvalue weighted by atomic mass is 10.00. The Morgan fingerprint density at radius 2 is 1.93 bits per heavy atom. The smallest absolute Gasteiger partial charge is 0.0807 e. The summed E-state index contributed by atoms with van der Waals surface area (Å²) in [5.41, 5.74) is 2.76. The zero-order chi connectivity index (χ0) is 9.97. The molecule has 0 amide bonds. The fraction of sp³-hybridized carbons (Fsp3) is 0.500. The number of aliphatic hydroxyl groups excluding tert-OH is 1. The fourth-order valence-electron chi connectivity index (χ4n) is 2.17. The Hall–Kier alpha value is -0.860. The van der Waals surface area contributed by atoms with Gasteiger partial charge in [-0.15, -0.1) is 0 Å². The normalized spacial score (nSPS) is 18.1. The maximum absolute atomic E-state index is 9.80. The summed E-state index contributed by atoms with van der Waals surface area (Å²) in [6, 6.07) is 8.41. The summed E-state index contributed by atoms with van der Waals surface area (Å²) in [6.45, 7) is 0.443. The minimum atomic E-state index is -0.326. The average molecular weight is 192 g/mol. The van der Waals surface area contributed by atoms with Crippen LogP contribution < -0.4 is 0 Å². The number of aliphatic hydroxyl groups is 1. The van der Waals surface area contributed by atoms with Gasteiger partial charge in [-0.1, -0.05) is 24.3 Å². The molecule has 0 aliphatic heterocycles. The van der Waals surface area contributed by atoms with Crippen LogP contribution in [0.1, 0.15) is 11.1 Å². The Balaban J connectivity index is 2.04. The third-order valence-electron chi connectivity index (χ3n) is 2.96. The molecule has 2 rings (SSSR count). The number of rotatable bonds is 3. The molecule has 2 heteroatoms. The van der Waals surface area contributed by atoms with E-state index in [1.165, 1.54) is 11.1 Å². The topological polar surface area (TPSA) is 29.5 Å². The molecule has 0 saturated carbocycles. The lowest BCUT2D eigenvalue weighted by Crippen LogP contribution is -2.25. The maximum atomic E-state index is 9.80. The van der Waals surface area contributed by atoms with Gasteiger partial charge < -0.3 is 9.84 Å². The summed E-state index contributed by atoms with van der Waals surface area (Å²) >= 11 is 0. The molecule has 1 atom stereocenters. The molecule has 0 saturated heterocycles. The molecule has 0 bridgehead atoms. The quantitative estimate of drug-likeness (QED) is 0.784. The van der Waals surface area contributed by atoms with Crippen LogP contribution in [0.25, 0.3) is 0 Å². The predicted molar refractivity (Wildman–Crippen MR) is 55.2 cm³/mol. The minimum absolute atomic E-state index is 0.326. The maximum Gasteiger partial charge on any atom is 0.0807 e. The van der Waals surface area contributed by atoms with E-state index in [4.69, 9.17) is 4.74 Å². The molecule has 0 spiro atoms. The van der Waals surface area contributed by atoms with E-state index in [0.29, 0.717) is 12.5 Å². The number of methoxy groups -OCH3 is 1. The SMILES string of the molecule is COCC(O)C1Cc2ccccc2C1. The van der Waals surface area contributed by atoms with Crippen molar-refractivity contribution in [1.29, 1.82) is 0 Å². The van der Waals surface area contributed by atoms with Crippen LogP contribution in [0.3, 0.4) is 0 Å². The second kappa shape index (κ2) is 4.11. The number of benzene rings is 1. The molecule has 0 aromatic heterocycles. The molecular weight excluding hydrogens is 176 g/mol. The molecule has 0 fully saturated rings. The van der Waals surface area contributed by atoms with Crippen LogP contribution in [-0.2, 0) is 17.6 Å². The van der Waals surface area contributed by atoms with Gasteiger partial charge in [-0.2, -0.15) is 0 Å². The molecule has 1 N–H and O–H groups in total. The van der Waals surface area contributed by atoms with Gasteiger partial charge in [-0.05, 0) is 29.9 Å². The van der Waals surface area contributed by atoms with Crippen molar-refractivity contribution >= 4 is 0 Å². The molecule has 1 aliphatic rings. The average Bonchev–Trinajstić information content (AvgIpc) is 2.61. The second-order valence-electron chi connectivity index (χ2n) is 3.96. The Labute approximate surface area is 84.5 Å². The molecule has 0 radical (unpaired) electrons. The number of fused-ring (bicyclic) bond motifs is 1. The Kier molecular flexibility index (Phi) is 2.85. The van der Waals surface area contributed by atoms with E-state index in [2.05, 4.69) is 24.3 Å².